The van der Waals surface area contributed by atoms with Crippen LogP contribution in [0.25, 0.3) is 11.0 Å². The van der Waals surface area contributed by atoms with Crippen molar-refractivity contribution in [1.29, 1.82) is 0 Å². The number of benzene rings is 2. The van der Waals surface area contributed by atoms with Crippen LogP contribution in [0.15, 0.2) is 51.7 Å². The van der Waals surface area contributed by atoms with Gasteiger partial charge in [0, 0.05) is 42.4 Å². The molecule has 0 saturated heterocycles. The van der Waals surface area contributed by atoms with Gasteiger partial charge in [0.25, 0.3) is 11.8 Å². The number of aryl methyl sites for hydroxylation is 1. The Labute approximate surface area is 186 Å². The van der Waals surface area contributed by atoms with Crippen LogP contribution in [-0.4, -0.2) is 36.9 Å². The van der Waals surface area contributed by atoms with Gasteiger partial charge in [0.15, 0.2) is 6.10 Å². The maximum Gasteiger partial charge on any atom is 0.339 e. The minimum absolute atomic E-state index is 0.148. The lowest BCUT2D eigenvalue weighted by Gasteiger charge is -2.18. The summed E-state index contributed by atoms with van der Waals surface area (Å²) in [5.41, 5.74) is 3.01. The lowest BCUT2D eigenvalue weighted by molar-refractivity contribution is -0.122. The Balaban J connectivity index is 1.49. The average Bonchev–Trinajstić information content (AvgIpc) is 2.78. The SMILES string of the molecule is CC(Oc1ccc2c3c(c(=O)oc2c1)CCCC3)C(=O)Nc1cccc(C(=O)N(C)C)c1. The number of anilines is 1. The van der Waals surface area contributed by atoms with Crippen molar-refractivity contribution in [2.24, 2.45) is 0 Å². The summed E-state index contributed by atoms with van der Waals surface area (Å²) in [7, 11) is 3.34. The van der Waals surface area contributed by atoms with Crippen LogP contribution in [0.1, 0.15) is 41.3 Å². The van der Waals surface area contributed by atoms with E-state index in [-0.39, 0.29) is 17.4 Å². The Morgan fingerprint density at radius 3 is 2.56 bits per heavy atom. The van der Waals surface area contributed by atoms with Gasteiger partial charge in [-0.15, -0.1) is 0 Å². The first-order valence-electron chi connectivity index (χ1n) is 10.7. The number of hydrogen-bond donors (Lipinski definition) is 1. The van der Waals surface area contributed by atoms with Crippen LogP contribution < -0.4 is 15.7 Å². The van der Waals surface area contributed by atoms with E-state index < -0.39 is 6.10 Å². The summed E-state index contributed by atoms with van der Waals surface area (Å²) in [6, 6.07) is 12.1. The van der Waals surface area contributed by atoms with Crippen LogP contribution >= 0.6 is 0 Å². The molecule has 1 aliphatic carbocycles. The summed E-state index contributed by atoms with van der Waals surface area (Å²) in [5.74, 6) is -0.0627. The van der Waals surface area contributed by atoms with Gasteiger partial charge in [0.2, 0.25) is 0 Å². The Kier molecular flexibility index (Phi) is 5.99. The van der Waals surface area contributed by atoms with Crippen molar-refractivity contribution in [3.05, 3.63) is 69.6 Å². The maximum atomic E-state index is 12.6. The molecule has 3 aromatic rings. The second kappa shape index (κ2) is 8.86. The topological polar surface area (TPSA) is 88.8 Å². The van der Waals surface area contributed by atoms with E-state index in [4.69, 9.17) is 9.15 Å². The third-order valence-electron chi connectivity index (χ3n) is 5.66. The number of nitrogens with zero attached hydrogens (tertiary/aromatic N) is 1. The van der Waals surface area contributed by atoms with Crippen LogP contribution in [0.4, 0.5) is 5.69 Å². The van der Waals surface area contributed by atoms with E-state index in [0.29, 0.717) is 22.6 Å². The number of carbonyl (C=O) groups is 2. The molecule has 0 spiro atoms. The highest BCUT2D eigenvalue weighted by atomic mass is 16.5. The van der Waals surface area contributed by atoms with Crippen LogP contribution in [0.5, 0.6) is 5.75 Å². The minimum Gasteiger partial charge on any atom is -0.481 e. The highest BCUT2D eigenvalue weighted by molar-refractivity contribution is 5.98. The number of carbonyl (C=O) groups excluding carboxylic acids is 2. The molecule has 2 aromatic carbocycles. The molecule has 2 amide bonds. The van der Waals surface area contributed by atoms with Gasteiger partial charge in [-0.2, -0.15) is 0 Å². The Morgan fingerprint density at radius 1 is 1.06 bits per heavy atom. The van der Waals surface area contributed by atoms with Crippen molar-refractivity contribution >= 4 is 28.5 Å². The van der Waals surface area contributed by atoms with Gasteiger partial charge in [0.05, 0.1) is 0 Å². The predicted octanol–water partition coefficient (Wildman–Crippen LogP) is 3.78. The predicted molar refractivity (Wildman–Crippen MR) is 122 cm³/mol. The fraction of sp³-hybridized carbons (Fsp3) is 0.320. The van der Waals surface area contributed by atoms with E-state index >= 15 is 0 Å². The fourth-order valence-corrected chi connectivity index (χ4v) is 3.99. The summed E-state index contributed by atoms with van der Waals surface area (Å²) in [4.78, 5) is 38.6. The molecule has 0 bridgehead atoms. The molecule has 4 rings (SSSR count). The van der Waals surface area contributed by atoms with Crippen LogP contribution in [-0.2, 0) is 17.6 Å². The van der Waals surface area contributed by atoms with E-state index in [1.165, 1.54) is 4.90 Å². The average molecular weight is 434 g/mol. The van der Waals surface area contributed by atoms with Gasteiger partial charge in [-0.05, 0) is 68.5 Å². The molecular weight excluding hydrogens is 408 g/mol. The molecule has 7 nitrogen and oxygen atoms in total. The zero-order valence-electron chi connectivity index (χ0n) is 18.4. The molecule has 1 aliphatic rings. The fourth-order valence-electron chi connectivity index (χ4n) is 3.99. The molecule has 1 unspecified atom stereocenters. The third kappa shape index (κ3) is 4.37. The lowest BCUT2D eigenvalue weighted by atomic mass is 9.91. The van der Waals surface area contributed by atoms with Gasteiger partial charge < -0.3 is 19.4 Å². The molecule has 0 radical (unpaired) electrons. The molecule has 0 saturated carbocycles. The molecule has 166 valence electrons. The molecule has 1 aromatic heterocycles. The van der Waals surface area contributed by atoms with E-state index in [0.717, 1.165) is 42.2 Å². The Bertz CT molecular complexity index is 1240. The minimum atomic E-state index is -0.801. The Morgan fingerprint density at radius 2 is 1.81 bits per heavy atom. The Hall–Kier alpha value is -3.61. The van der Waals surface area contributed by atoms with Crippen molar-refractivity contribution in [3.63, 3.8) is 0 Å². The lowest BCUT2D eigenvalue weighted by Crippen LogP contribution is -2.30. The van der Waals surface area contributed by atoms with E-state index in [9.17, 15) is 14.4 Å². The normalized spacial score (nSPS) is 13.8. The smallest absolute Gasteiger partial charge is 0.339 e. The van der Waals surface area contributed by atoms with Crippen molar-refractivity contribution in [2.45, 2.75) is 38.7 Å². The monoisotopic (exact) mass is 434 g/mol. The van der Waals surface area contributed by atoms with E-state index in [1.54, 1.807) is 57.4 Å². The summed E-state index contributed by atoms with van der Waals surface area (Å²) >= 11 is 0. The largest absolute Gasteiger partial charge is 0.481 e. The molecule has 1 heterocycles. The molecule has 0 fully saturated rings. The summed E-state index contributed by atoms with van der Waals surface area (Å²) in [6.07, 6.45) is 2.88. The number of hydrogen-bond acceptors (Lipinski definition) is 5. The van der Waals surface area contributed by atoms with Crippen molar-refractivity contribution in [3.8, 4) is 5.75 Å². The second-order valence-electron chi connectivity index (χ2n) is 8.24. The highest BCUT2D eigenvalue weighted by Gasteiger charge is 2.20. The zero-order valence-corrected chi connectivity index (χ0v) is 18.4. The van der Waals surface area contributed by atoms with Crippen LogP contribution in [0.3, 0.4) is 0 Å². The van der Waals surface area contributed by atoms with Gasteiger partial charge in [-0.3, -0.25) is 9.59 Å². The molecule has 1 N–H and O–H groups in total. The first-order valence-corrected chi connectivity index (χ1v) is 10.7. The van der Waals surface area contributed by atoms with Crippen molar-refractivity contribution < 1.29 is 18.7 Å². The molecule has 1 atom stereocenters. The van der Waals surface area contributed by atoms with Gasteiger partial charge >= 0.3 is 5.63 Å². The van der Waals surface area contributed by atoms with Crippen LogP contribution in [0.2, 0.25) is 0 Å². The van der Waals surface area contributed by atoms with E-state index in [2.05, 4.69) is 5.32 Å². The molecule has 32 heavy (non-hydrogen) atoms. The number of ether oxygens (including phenoxy) is 1. The van der Waals surface area contributed by atoms with Crippen molar-refractivity contribution in [2.75, 3.05) is 19.4 Å². The van der Waals surface area contributed by atoms with Gasteiger partial charge in [0.1, 0.15) is 11.3 Å². The zero-order chi connectivity index (χ0) is 22.8. The number of rotatable bonds is 5. The third-order valence-corrected chi connectivity index (χ3v) is 5.66. The molecule has 0 aliphatic heterocycles. The van der Waals surface area contributed by atoms with Gasteiger partial charge in [-0.1, -0.05) is 6.07 Å². The quantitative estimate of drug-likeness (QED) is 0.618. The summed E-state index contributed by atoms with van der Waals surface area (Å²) < 4.78 is 11.3. The second-order valence-corrected chi connectivity index (χ2v) is 8.24. The molecular formula is C25H26N2O5. The van der Waals surface area contributed by atoms with Crippen molar-refractivity contribution in [1.82, 2.24) is 4.90 Å². The first-order chi connectivity index (χ1) is 15.3. The summed E-state index contributed by atoms with van der Waals surface area (Å²) in [5, 5.41) is 3.70. The van der Waals surface area contributed by atoms with E-state index in [1.807, 2.05) is 6.07 Å². The number of amides is 2. The number of nitrogens with one attached hydrogen (secondary N) is 1. The maximum absolute atomic E-state index is 12.6. The summed E-state index contributed by atoms with van der Waals surface area (Å²) in [6.45, 7) is 1.64. The molecule has 7 heteroatoms. The first kappa shape index (κ1) is 21.6. The number of fused-ring (bicyclic) bond motifs is 3. The standard InChI is InChI=1S/C25H26N2O5/c1-15(23(28)26-17-8-6-7-16(13-17)24(29)27(2)3)31-18-11-12-20-19-9-4-5-10-21(19)25(30)32-22(20)14-18/h6-8,11-15H,4-5,9-10H2,1-3H3,(H,26,28). The van der Waals surface area contributed by atoms with Crippen LogP contribution in [0, 0.1) is 0 Å². The van der Waals surface area contributed by atoms with Gasteiger partial charge in [-0.25, -0.2) is 4.79 Å². The highest BCUT2D eigenvalue weighted by Crippen LogP contribution is 2.29.